The van der Waals surface area contributed by atoms with Gasteiger partial charge in [0.05, 0.1) is 23.1 Å². The van der Waals surface area contributed by atoms with Crippen molar-refractivity contribution in [1.82, 2.24) is 0 Å². The molecule has 3 aliphatic rings. The number of aromatic hydroxyl groups is 2. The van der Waals surface area contributed by atoms with E-state index in [-0.39, 0.29) is 41.1 Å². The van der Waals surface area contributed by atoms with E-state index in [4.69, 9.17) is 18.9 Å². The summed E-state index contributed by atoms with van der Waals surface area (Å²) in [6, 6.07) is 6.55. The number of phenols is 2. The number of carbonyl (C=O) groups is 1. The van der Waals surface area contributed by atoms with Crippen molar-refractivity contribution < 1.29 is 34.0 Å². The highest BCUT2D eigenvalue weighted by Crippen LogP contribution is 2.58. The molecule has 0 aliphatic carbocycles. The molecule has 7 heteroatoms. The number of hydrogen-bond acceptors (Lipinski definition) is 7. The molecule has 0 aromatic heterocycles. The van der Waals surface area contributed by atoms with E-state index in [0.29, 0.717) is 16.9 Å². The zero-order chi connectivity index (χ0) is 23.7. The van der Waals surface area contributed by atoms with E-state index in [9.17, 15) is 15.0 Å². The molecule has 1 saturated heterocycles. The molecule has 3 atom stereocenters. The van der Waals surface area contributed by atoms with Gasteiger partial charge < -0.3 is 29.2 Å². The molecule has 3 aliphatic heterocycles. The predicted octanol–water partition coefficient (Wildman–Crippen LogP) is 4.85. The quantitative estimate of drug-likeness (QED) is 0.687. The summed E-state index contributed by atoms with van der Waals surface area (Å²) in [4.78, 5) is 13.3. The third-order valence-corrected chi connectivity index (χ3v) is 6.57. The molecular formula is C26H28O7. The van der Waals surface area contributed by atoms with Crippen LogP contribution in [0.2, 0.25) is 0 Å². The van der Waals surface area contributed by atoms with Crippen molar-refractivity contribution in [3.05, 3.63) is 52.6 Å². The maximum atomic E-state index is 13.3. The van der Waals surface area contributed by atoms with Crippen LogP contribution in [0.15, 0.2) is 30.3 Å². The monoisotopic (exact) mass is 452 g/mol. The fraction of sp³-hybridized carbons (Fsp3) is 0.423. The van der Waals surface area contributed by atoms with E-state index in [1.807, 2.05) is 33.8 Å². The first-order valence-corrected chi connectivity index (χ1v) is 11.0. The summed E-state index contributed by atoms with van der Waals surface area (Å²) in [6.07, 6.45) is 2.26. The molecule has 2 aromatic carbocycles. The van der Waals surface area contributed by atoms with Gasteiger partial charge in [0.2, 0.25) is 0 Å². The Morgan fingerprint density at radius 3 is 2.39 bits per heavy atom. The smallest absolute Gasteiger partial charge is 0.174 e. The van der Waals surface area contributed by atoms with Crippen LogP contribution in [-0.4, -0.2) is 40.4 Å². The normalized spacial score (nSPS) is 26.5. The number of rotatable bonds is 3. The van der Waals surface area contributed by atoms with Crippen molar-refractivity contribution in [2.45, 2.75) is 63.6 Å². The van der Waals surface area contributed by atoms with Crippen LogP contribution in [0.3, 0.4) is 0 Å². The minimum absolute atomic E-state index is 0.0599. The first-order valence-electron chi connectivity index (χ1n) is 11.0. The molecule has 33 heavy (non-hydrogen) atoms. The average Bonchev–Trinajstić information content (AvgIpc) is 2.72. The molecule has 0 saturated carbocycles. The third kappa shape index (κ3) is 3.38. The highest BCUT2D eigenvalue weighted by Gasteiger charge is 2.54. The summed E-state index contributed by atoms with van der Waals surface area (Å²) in [5, 5.41) is 20.8. The number of phenolic OH excluding ortho intramolecular Hbond substituents is 2. The molecular weight excluding hydrogens is 424 g/mol. The van der Waals surface area contributed by atoms with Crippen molar-refractivity contribution in [2.24, 2.45) is 0 Å². The van der Waals surface area contributed by atoms with Gasteiger partial charge in [-0.05, 0) is 57.5 Å². The van der Waals surface area contributed by atoms with Gasteiger partial charge in [-0.3, -0.25) is 4.79 Å². The molecule has 2 aromatic rings. The molecule has 2 N–H and O–H groups in total. The van der Waals surface area contributed by atoms with Crippen LogP contribution in [0.5, 0.6) is 23.0 Å². The number of methoxy groups -OCH3 is 1. The highest BCUT2D eigenvalue weighted by molar-refractivity contribution is 6.05. The minimum atomic E-state index is -0.626. The van der Waals surface area contributed by atoms with E-state index in [1.54, 1.807) is 37.5 Å². The lowest BCUT2D eigenvalue weighted by molar-refractivity contribution is -0.286. The summed E-state index contributed by atoms with van der Waals surface area (Å²) in [5.74, 6) is 0.428. The maximum absolute atomic E-state index is 13.3. The van der Waals surface area contributed by atoms with Crippen LogP contribution >= 0.6 is 0 Å². The Kier molecular flexibility index (Phi) is 4.78. The molecule has 7 nitrogen and oxygen atoms in total. The van der Waals surface area contributed by atoms with Crippen LogP contribution in [0.4, 0.5) is 0 Å². The van der Waals surface area contributed by atoms with Crippen molar-refractivity contribution in [1.29, 1.82) is 0 Å². The predicted molar refractivity (Wildman–Crippen MR) is 121 cm³/mol. The van der Waals surface area contributed by atoms with Gasteiger partial charge in [0.25, 0.3) is 0 Å². The molecule has 1 fully saturated rings. The van der Waals surface area contributed by atoms with Crippen molar-refractivity contribution in [3.8, 4) is 23.0 Å². The van der Waals surface area contributed by atoms with Crippen LogP contribution in [0, 0.1) is 0 Å². The largest absolute Gasteiger partial charge is 0.508 e. The van der Waals surface area contributed by atoms with Crippen molar-refractivity contribution in [3.63, 3.8) is 0 Å². The van der Waals surface area contributed by atoms with E-state index in [0.717, 1.165) is 5.56 Å². The van der Waals surface area contributed by atoms with Crippen LogP contribution in [0.25, 0.3) is 6.08 Å². The van der Waals surface area contributed by atoms with Crippen LogP contribution in [0.1, 0.15) is 73.4 Å². The Bertz CT molecular complexity index is 1160. The van der Waals surface area contributed by atoms with Gasteiger partial charge in [-0.1, -0.05) is 12.1 Å². The second-order valence-electron chi connectivity index (χ2n) is 9.87. The van der Waals surface area contributed by atoms with E-state index >= 15 is 0 Å². The van der Waals surface area contributed by atoms with Gasteiger partial charge in [0.15, 0.2) is 5.78 Å². The molecule has 3 heterocycles. The topological polar surface area (TPSA) is 94.5 Å². The zero-order valence-corrected chi connectivity index (χ0v) is 19.3. The minimum Gasteiger partial charge on any atom is -0.508 e. The Morgan fingerprint density at radius 2 is 1.76 bits per heavy atom. The zero-order valence-electron chi connectivity index (χ0n) is 19.3. The SMILES string of the molecule is COC1[C@H](c2c3c(c(O)c4c2OC(c2ccc(O)cc2)CC4=O)C=CC(C)(C)O3)OC1(C)C. The maximum Gasteiger partial charge on any atom is 0.174 e. The highest BCUT2D eigenvalue weighted by atomic mass is 16.6. The Balaban J connectivity index is 1.71. The molecule has 0 bridgehead atoms. The number of Topliss-reactive ketones (excluding diaryl/α,β-unsaturated/α-hetero) is 1. The Morgan fingerprint density at radius 1 is 1.06 bits per heavy atom. The fourth-order valence-corrected chi connectivity index (χ4v) is 4.91. The van der Waals surface area contributed by atoms with E-state index in [2.05, 4.69) is 0 Å². The first-order chi connectivity index (χ1) is 15.5. The van der Waals surface area contributed by atoms with Gasteiger partial charge in [-0.15, -0.1) is 0 Å². The lowest BCUT2D eigenvalue weighted by atomic mass is 9.80. The molecule has 2 unspecified atom stereocenters. The number of fused-ring (bicyclic) bond motifs is 2. The number of ether oxygens (including phenoxy) is 4. The molecule has 5 rings (SSSR count). The first kappa shape index (κ1) is 21.8. The molecule has 0 amide bonds. The van der Waals surface area contributed by atoms with Gasteiger partial charge in [-0.25, -0.2) is 0 Å². The van der Waals surface area contributed by atoms with E-state index in [1.165, 1.54) is 0 Å². The van der Waals surface area contributed by atoms with Gasteiger partial charge in [0.1, 0.15) is 52.5 Å². The summed E-state index contributed by atoms with van der Waals surface area (Å²) >= 11 is 0. The van der Waals surface area contributed by atoms with Crippen LogP contribution < -0.4 is 9.47 Å². The molecule has 0 spiro atoms. The standard InChI is InChI=1S/C26H28O7/c1-25(2)11-10-15-20(29)18-16(28)12-17(13-6-8-14(27)9-7-13)31-22(18)19(21(15)32-25)23-24(30-5)26(3,4)33-23/h6-11,17,23-24,27,29H,12H2,1-5H3/t17?,23-,24?/m0/s1. The lowest BCUT2D eigenvalue weighted by Gasteiger charge is -2.51. The van der Waals surface area contributed by atoms with Crippen molar-refractivity contribution in [2.75, 3.05) is 7.11 Å². The number of carbonyl (C=O) groups excluding carboxylic acids is 1. The number of ketones is 1. The molecule has 174 valence electrons. The second kappa shape index (κ2) is 7.23. The molecule has 0 radical (unpaired) electrons. The summed E-state index contributed by atoms with van der Waals surface area (Å²) in [6.45, 7) is 7.70. The van der Waals surface area contributed by atoms with Gasteiger partial charge in [0, 0.05) is 7.11 Å². The van der Waals surface area contributed by atoms with Crippen molar-refractivity contribution >= 4 is 11.9 Å². The average molecular weight is 453 g/mol. The van der Waals surface area contributed by atoms with Crippen LogP contribution in [-0.2, 0) is 9.47 Å². The number of hydrogen-bond donors (Lipinski definition) is 2. The summed E-state index contributed by atoms with van der Waals surface area (Å²) < 4.78 is 24.7. The van der Waals surface area contributed by atoms with Gasteiger partial charge >= 0.3 is 0 Å². The Labute approximate surface area is 192 Å². The lowest BCUT2D eigenvalue weighted by Crippen LogP contribution is -2.56. The second-order valence-corrected chi connectivity index (χ2v) is 9.87. The third-order valence-electron chi connectivity index (χ3n) is 6.57. The summed E-state index contributed by atoms with van der Waals surface area (Å²) in [7, 11) is 1.62. The van der Waals surface area contributed by atoms with E-state index < -0.39 is 23.4 Å². The Hall–Kier alpha value is -3.03. The fourth-order valence-electron chi connectivity index (χ4n) is 4.91. The number of benzene rings is 2. The summed E-state index contributed by atoms with van der Waals surface area (Å²) in [5.41, 5.74) is 0.722. The van der Waals surface area contributed by atoms with Gasteiger partial charge in [-0.2, -0.15) is 0 Å².